The Morgan fingerprint density at radius 3 is 2.89 bits per heavy atom. The van der Waals surface area contributed by atoms with Gasteiger partial charge in [0.25, 0.3) is 0 Å². The summed E-state index contributed by atoms with van der Waals surface area (Å²) in [6.07, 6.45) is 8.58. The Morgan fingerprint density at radius 1 is 1.33 bits per heavy atom. The summed E-state index contributed by atoms with van der Waals surface area (Å²) in [6, 6.07) is 1.99. The molecule has 1 saturated heterocycles. The van der Waals surface area contributed by atoms with Crippen LogP contribution < -0.4 is 5.32 Å². The molecular weight excluding hydrogens is 292 g/mol. The quantitative estimate of drug-likeness (QED) is 0.909. The molecule has 2 heterocycles. The molecule has 0 bridgehead atoms. The van der Waals surface area contributed by atoms with Gasteiger partial charge in [-0.1, -0.05) is 19.3 Å². The zero-order valence-electron chi connectivity index (χ0n) is 10.8. The van der Waals surface area contributed by atoms with Crippen LogP contribution >= 0.6 is 15.9 Å². The van der Waals surface area contributed by atoms with Crippen molar-refractivity contribution in [2.24, 2.45) is 0 Å². The number of halogens is 1. The van der Waals surface area contributed by atoms with Gasteiger partial charge in [-0.15, -0.1) is 0 Å². The minimum Gasteiger partial charge on any atom is -0.467 e. The lowest BCUT2D eigenvalue weighted by Gasteiger charge is -2.49. The van der Waals surface area contributed by atoms with Gasteiger partial charge in [0.05, 0.1) is 17.3 Å². The molecule has 4 heteroatoms. The Bertz CT molecular complexity index is 390. The minimum absolute atomic E-state index is 0.378. The van der Waals surface area contributed by atoms with Crippen LogP contribution in [0.4, 0.5) is 0 Å². The first-order chi connectivity index (χ1) is 8.80. The van der Waals surface area contributed by atoms with Crippen molar-refractivity contribution in [1.29, 1.82) is 0 Å². The molecule has 2 fully saturated rings. The van der Waals surface area contributed by atoms with Gasteiger partial charge in [0.2, 0.25) is 0 Å². The van der Waals surface area contributed by atoms with Crippen molar-refractivity contribution in [3.05, 3.63) is 22.6 Å². The number of nitrogens with zero attached hydrogens (tertiary/aromatic N) is 1. The molecule has 0 aromatic carbocycles. The zero-order chi connectivity index (χ0) is 12.4. The van der Waals surface area contributed by atoms with Crippen LogP contribution in [0.3, 0.4) is 0 Å². The van der Waals surface area contributed by atoms with E-state index in [0.29, 0.717) is 5.54 Å². The lowest BCUT2D eigenvalue weighted by molar-refractivity contribution is 0.0158. The van der Waals surface area contributed by atoms with E-state index in [2.05, 4.69) is 26.1 Å². The van der Waals surface area contributed by atoms with Gasteiger partial charge >= 0.3 is 0 Å². The summed E-state index contributed by atoms with van der Waals surface area (Å²) in [5.74, 6) is 1.07. The highest BCUT2D eigenvalue weighted by Crippen LogP contribution is 2.36. The van der Waals surface area contributed by atoms with Crippen molar-refractivity contribution >= 4 is 15.9 Å². The average Bonchev–Trinajstić information content (AvgIpc) is 2.79. The highest BCUT2D eigenvalue weighted by molar-refractivity contribution is 9.10. The third-order valence-electron chi connectivity index (χ3n) is 4.49. The first-order valence-electron chi connectivity index (χ1n) is 6.98. The average molecular weight is 313 g/mol. The van der Waals surface area contributed by atoms with E-state index in [4.69, 9.17) is 4.42 Å². The molecule has 0 radical (unpaired) electrons. The second-order valence-electron chi connectivity index (χ2n) is 5.58. The number of piperazine rings is 1. The Morgan fingerprint density at radius 2 is 2.17 bits per heavy atom. The van der Waals surface area contributed by atoms with E-state index in [1.807, 2.05) is 6.07 Å². The van der Waals surface area contributed by atoms with Crippen LogP contribution in [0.5, 0.6) is 0 Å². The number of rotatable bonds is 2. The minimum atomic E-state index is 0.378. The summed E-state index contributed by atoms with van der Waals surface area (Å²) in [6.45, 7) is 4.31. The molecule has 18 heavy (non-hydrogen) atoms. The number of hydrogen-bond acceptors (Lipinski definition) is 3. The summed E-state index contributed by atoms with van der Waals surface area (Å²) in [5, 5.41) is 3.59. The molecule has 0 atom stereocenters. The largest absolute Gasteiger partial charge is 0.467 e. The van der Waals surface area contributed by atoms with Crippen molar-refractivity contribution in [2.45, 2.75) is 44.2 Å². The molecule has 1 aliphatic heterocycles. The summed E-state index contributed by atoms with van der Waals surface area (Å²) in [4.78, 5) is 2.65. The normalized spacial score (nSPS) is 24.5. The summed E-state index contributed by atoms with van der Waals surface area (Å²) >= 11 is 3.57. The predicted octanol–water partition coefficient (Wildman–Crippen LogP) is 3.15. The number of nitrogens with one attached hydrogen (secondary N) is 1. The topological polar surface area (TPSA) is 28.4 Å². The highest BCUT2D eigenvalue weighted by atomic mass is 79.9. The molecule has 1 saturated carbocycles. The molecule has 1 N–H and O–H groups in total. The third kappa shape index (κ3) is 2.38. The van der Waals surface area contributed by atoms with E-state index in [1.54, 1.807) is 6.26 Å². The first-order valence-corrected chi connectivity index (χ1v) is 7.77. The third-order valence-corrected chi connectivity index (χ3v) is 5.20. The molecule has 100 valence electrons. The summed E-state index contributed by atoms with van der Waals surface area (Å²) in [5.41, 5.74) is 0.378. The fourth-order valence-corrected chi connectivity index (χ4v) is 3.77. The van der Waals surface area contributed by atoms with Crippen LogP contribution in [0, 0.1) is 0 Å². The molecule has 3 nitrogen and oxygen atoms in total. The highest BCUT2D eigenvalue weighted by Gasteiger charge is 2.39. The molecule has 0 amide bonds. The van der Waals surface area contributed by atoms with Gasteiger partial charge in [0, 0.05) is 25.2 Å². The number of furan rings is 1. The fraction of sp³-hybridized carbons (Fsp3) is 0.714. The van der Waals surface area contributed by atoms with Crippen molar-refractivity contribution in [3.63, 3.8) is 0 Å². The van der Waals surface area contributed by atoms with Crippen molar-refractivity contribution in [2.75, 3.05) is 19.6 Å². The summed E-state index contributed by atoms with van der Waals surface area (Å²) < 4.78 is 6.70. The van der Waals surface area contributed by atoms with Gasteiger partial charge in [-0.3, -0.25) is 4.90 Å². The van der Waals surface area contributed by atoms with Gasteiger partial charge in [-0.2, -0.15) is 0 Å². The molecular formula is C14H21BrN2O. The first kappa shape index (κ1) is 12.7. The van der Waals surface area contributed by atoms with Gasteiger partial charge in [0.15, 0.2) is 0 Å². The van der Waals surface area contributed by atoms with E-state index < -0.39 is 0 Å². The van der Waals surface area contributed by atoms with E-state index in [1.165, 1.54) is 32.1 Å². The standard InChI is InChI=1S/C14H21BrN2O/c15-12-4-9-18-13(12)10-17-8-7-16-11-14(17)5-2-1-3-6-14/h4,9,16H,1-3,5-8,10-11H2. The molecule has 1 spiro atoms. The number of hydrogen-bond donors (Lipinski definition) is 1. The van der Waals surface area contributed by atoms with Gasteiger partial charge < -0.3 is 9.73 Å². The second kappa shape index (κ2) is 5.35. The smallest absolute Gasteiger partial charge is 0.131 e. The molecule has 3 rings (SSSR count). The SMILES string of the molecule is Brc1ccoc1CN1CCNCC12CCCCC2. The van der Waals surface area contributed by atoms with Crippen LogP contribution in [-0.4, -0.2) is 30.1 Å². The maximum Gasteiger partial charge on any atom is 0.131 e. The maximum absolute atomic E-state index is 5.59. The monoisotopic (exact) mass is 312 g/mol. The van der Waals surface area contributed by atoms with Crippen LogP contribution in [0.1, 0.15) is 37.9 Å². The van der Waals surface area contributed by atoms with Crippen molar-refractivity contribution in [1.82, 2.24) is 10.2 Å². The van der Waals surface area contributed by atoms with E-state index >= 15 is 0 Å². The van der Waals surface area contributed by atoms with Crippen LogP contribution in [0.2, 0.25) is 0 Å². The van der Waals surface area contributed by atoms with Crippen molar-refractivity contribution < 1.29 is 4.42 Å². The zero-order valence-corrected chi connectivity index (χ0v) is 12.3. The molecule has 1 aliphatic carbocycles. The lowest BCUT2D eigenvalue weighted by atomic mass is 9.79. The van der Waals surface area contributed by atoms with Crippen LogP contribution in [0.15, 0.2) is 21.2 Å². The van der Waals surface area contributed by atoms with E-state index in [9.17, 15) is 0 Å². The Balaban J connectivity index is 1.77. The van der Waals surface area contributed by atoms with Gasteiger partial charge in [-0.25, -0.2) is 0 Å². The van der Waals surface area contributed by atoms with Gasteiger partial charge in [-0.05, 0) is 34.8 Å². The predicted molar refractivity (Wildman–Crippen MR) is 75.5 cm³/mol. The lowest BCUT2D eigenvalue weighted by Crippen LogP contribution is -2.61. The van der Waals surface area contributed by atoms with Gasteiger partial charge in [0.1, 0.15) is 5.76 Å². The van der Waals surface area contributed by atoms with Crippen molar-refractivity contribution in [3.8, 4) is 0 Å². The molecule has 1 aromatic heterocycles. The maximum atomic E-state index is 5.59. The van der Waals surface area contributed by atoms with E-state index in [-0.39, 0.29) is 0 Å². The second-order valence-corrected chi connectivity index (χ2v) is 6.43. The Hall–Kier alpha value is -0.320. The Labute approximate surface area is 117 Å². The molecule has 1 aromatic rings. The fourth-order valence-electron chi connectivity index (χ4n) is 3.44. The van der Waals surface area contributed by atoms with Crippen LogP contribution in [-0.2, 0) is 6.54 Å². The molecule has 2 aliphatic rings. The van der Waals surface area contributed by atoms with E-state index in [0.717, 1.165) is 36.4 Å². The Kier molecular flexibility index (Phi) is 3.78. The van der Waals surface area contributed by atoms with Crippen LogP contribution in [0.25, 0.3) is 0 Å². The molecule has 0 unspecified atom stereocenters. The summed E-state index contributed by atoms with van der Waals surface area (Å²) in [7, 11) is 0.